The maximum atomic E-state index is 13.1. The van der Waals surface area contributed by atoms with Crippen LogP contribution in [0.1, 0.15) is 112 Å². The van der Waals surface area contributed by atoms with Gasteiger partial charge in [0.05, 0.1) is 58.4 Å². The molecule has 0 saturated carbocycles. The number of hydrogen-bond acceptors (Lipinski definition) is 10. The van der Waals surface area contributed by atoms with Crippen molar-refractivity contribution in [2.24, 2.45) is 10.8 Å². The quantitative estimate of drug-likeness (QED) is 0.0190. The largest absolute Gasteiger partial charge is 0.494 e. The van der Waals surface area contributed by atoms with Gasteiger partial charge in [-0.1, -0.05) is 57.9 Å². The van der Waals surface area contributed by atoms with Gasteiger partial charge in [-0.05, 0) is 133 Å². The minimum atomic E-state index is -0.403. The second-order valence-electron chi connectivity index (χ2n) is 17.6. The van der Waals surface area contributed by atoms with Gasteiger partial charge in [-0.25, -0.2) is 4.79 Å². The van der Waals surface area contributed by atoms with Crippen molar-refractivity contribution in [2.45, 2.75) is 91.1 Å². The third-order valence-corrected chi connectivity index (χ3v) is 11.7. The number of esters is 1. The van der Waals surface area contributed by atoms with Crippen LogP contribution in [0.5, 0.6) is 23.0 Å². The van der Waals surface area contributed by atoms with E-state index in [4.69, 9.17) is 42.9 Å². The van der Waals surface area contributed by atoms with Crippen LogP contribution in [0.2, 0.25) is 0 Å². The molecule has 2 fully saturated rings. The van der Waals surface area contributed by atoms with Gasteiger partial charge in [-0.15, -0.1) is 0 Å². The van der Waals surface area contributed by atoms with E-state index in [0.717, 1.165) is 144 Å². The highest BCUT2D eigenvalue weighted by Crippen LogP contribution is 2.48. The predicted octanol–water partition coefficient (Wildman–Crippen LogP) is 10.9. The summed E-state index contributed by atoms with van der Waals surface area (Å²) in [5.41, 5.74) is 6.48. The molecule has 2 aliphatic heterocycles. The zero-order valence-electron chi connectivity index (χ0n) is 36.4. The van der Waals surface area contributed by atoms with Gasteiger partial charge in [0.15, 0.2) is 5.75 Å². The molecule has 0 spiro atoms. The van der Waals surface area contributed by atoms with Crippen LogP contribution >= 0.6 is 0 Å². The molecular weight excluding hydrogens is 773 g/mol. The molecule has 0 N–H and O–H groups in total. The summed E-state index contributed by atoms with van der Waals surface area (Å²) in [6.45, 7) is 14.6. The van der Waals surface area contributed by atoms with Crippen LogP contribution in [0.25, 0.3) is 11.1 Å². The Labute approximate surface area is 362 Å². The van der Waals surface area contributed by atoms with Crippen molar-refractivity contribution in [1.82, 2.24) is 0 Å². The van der Waals surface area contributed by atoms with Gasteiger partial charge >= 0.3 is 5.97 Å². The Kier molecular flexibility index (Phi) is 16.1. The van der Waals surface area contributed by atoms with E-state index < -0.39 is 5.97 Å². The Morgan fingerprint density at radius 3 is 1.57 bits per heavy atom. The molecule has 7 rings (SSSR count). The Bertz CT molecular complexity index is 1970. The number of unbranched alkanes of at least 4 members (excludes halogenated alkanes) is 6. The Morgan fingerprint density at radius 2 is 1.07 bits per heavy atom. The molecule has 10 heteroatoms. The molecule has 1 unspecified atom stereocenters. The number of carbonyl (C=O) groups excluding carboxylic acids is 1. The van der Waals surface area contributed by atoms with Gasteiger partial charge in [0.25, 0.3) is 0 Å². The van der Waals surface area contributed by atoms with Crippen molar-refractivity contribution < 1.29 is 47.7 Å². The number of carbonyl (C=O) groups is 1. The van der Waals surface area contributed by atoms with Crippen LogP contribution < -0.4 is 19.1 Å². The lowest BCUT2D eigenvalue weighted by molar-refractivity contribution is -0.217. The van der Waals surface area contributed by atoms with Gasteiger partial charge in [-0.2, -0.15) is 4.89 Å². The second kappa shape index (κ2) is 22.1. The summed E-state index contributed by atoms with van der Waals surface area (Å²) in [6, 6.07) is 27.1. The fourth-order valence-corrected chi connectivity index (χ4v) is 7.98. The molecule has 4 aromatic rings. The molecule has 2 saturated heterocycles. The van der Waals surface area contributed by atoms with E-state index in [2.05, 4.69) is 32.9 Å². The van der Waals surface area contributed by atoms with Crippen molar-refractivity contribution >= 4 is 5.97 Å². The minimum Gasteiger partial charge on any atom is -0.494 e. The smallest absolute Gasteiger partial charge is 0.343 e. The highest BCUT2D eigenvalue weighted by molar-refractivity contribution is 5.91. The first-order valence-corrected chi connectivity index (χ1v) is 22.4. The predicted molar refractivity (Wildman–Crippen MR) is 235 cm³/mol. The average molecular weight is 837 g/mol. The summed E-state index contributed by atoms with van der Waals surface area (Å²) in [5, 5.41) is 0. The molecular formula is C51H64O10. The Hall–Kier alpha value is -4.45. The average Bonchev–Trinajstić information content (AvgIpc) is 3.56. The molecule has 0 amide bonds. The van der Waals surface area contributed by atoms with E-state index in [9.17, 15) is 4.79 Å². The Morgan fingerprint density at radius 1 is 0.590 bits per heavy atom. The van der Waals surface area contributed by atoms with E-state index in [0.29, 0.717) is 36.9 Å². The minimum absolute atomic E-state index is 0.135. The summed E-state index contributed by atoms with van der Waals surface area (Å²) in [6.07, 6.45) is 9.48. The first-order chi connectivity index (χ1) is 29.8. The summed E-state index contributed by atoms with van der Waals surface area (Å²) in [5.74, 6) is 2.49. The van der Waals surface area contributed by atoms with Gasteiger partial charge in [0.1, 0.15) is 23.9 Å². The molecule has 4 aromatic carbocycles. The van der Waals surface area contributed by atoms with Crippen LogP contribution in [-0.4, -0.2) is 72.0 Å². The van der Waals surface area contributed by atoms with Gasteiger partial charge in [-0.3, -0.25) is 0 Å². The van der Waals surface area contributed by atoms with Crippen molar-refractivity contribution in [3.63, 3.8) is 0 Å². The van der Waals surface area contributed by atoms with Gasteiger partial charge < -0.3 is 38.0 Å². The van der Waals surface area contributed by atoms with Gasteiger partial charge in [0.2, 0.25) is 0 Å². The molecule has 10 nitrogen and oxygen atoms in total. The lowest BCUT2D eigenvalue weighted by Crippen LogP contribution is -2.43. The molecule has 3 aliphatic rings. The summed E-state index contributed by atoms with van der Waals surface area (Å²) >= 11 is 0. The van der Waals surface area contributed by atoms with E-state index in [-0.39, 0.29) is 16.7 Å². The van der Waals surface area contributed by atoms with Crippen molar-refractivity contribution in [2.75, 3.05) is 66.1 Å². The van der Waals surface area contributed by atoms with Crippen LogP contribution in [0.3, 0.4) is 0 Å². The first kappa shape index (κ1) is 44.6. The number of fused-ring (bicyclic) bond motifs is 3. The molecule has 2 heterocycles. The standard InChI is InChI=1S/C51H64O10/c1-4-44-47-29-42(60-49(52)39-15-19-41(20-16-39)58-28-12-8-6-10-26-54-33-51(3)36-56-37-51)21-23-45(47)46-24-22-43(30-48(44)46)61-59-31-38-13-17-40(18-14-38)57-27-11-7-5-9-25-53-32-50(2)34-55-35-50/h13-24,29-30,44H,4-12,25-28,31-37H2,1-3H3. The fourth-order valence-electron chi connectivity index (χ4n) is 7.98. The van der Waals surface area contributed by atoms with Crippen molar-refractivity contribution in [1.29, 1.82) is 0 Å². The van der Waals surface area contributed by atoms with Crippen LogP contribution in [0.4, 0.5) is 0 Å². The van der Waals surface area contributed by atoms with Crippen LogP contribution in [-0.2, 0) is 30.4 Å². The van der Waals surface area contributed by atoms with E-state index >= 15 is 0 Å². The molecule has 61 heavy (non-hydrogen) atoms. The number of benzene rings is 4. The van der Waals surface area contributed by atoms with Gasteiger partial charge in [0, 0.05) is 30.0 Å². The topological polar surface area (TPSA) is 100 Å². The Balaban J connectivity index is 0.785. The third-order valence-electron chi connectivity index (χ3n) is 11.7. The number of rotatable bonds is 27. The maximum Gasteiger partial charge on any atom is 0.343 e. The molecule has 0 radical (unpaired) electrons. The zero-order chi connectivity index (χ0) is 42.3. The molecule has 0 aromatic heterocycles. The maximum absolute atomic E-state index is 13.1. The zero-order valence-corrected chi connectivity index (χ0v) is 36.4. The molecule has 1 aliphatic carbocycles. The summed E-state index contributed by atoms with van der Waals surface area (Å²) < 4.78 is 39.9. The highest BCUT2D eigenvalue weighted by atomic mass is 17.2. The van der Waals surface area contributed by atoms with E-state index in [1.807, 2.05) is 60.7 Å². The van der Waals surface area contributed by atoms with Crippen molar-refractivity contribution in [3.05, 3.63) is 107 Å². The number of ether oxygens (including phenoxy) is 7. The fraction of sp³-hybridized carbons (Fsp3) is 0.510. The van der Waals surface area contributed by atoms with Crippen molar-refractivity contribution in [3.8, 4) is 34.1 Å². The summed E-state index contributed by atoms with van der Waals surface area (Å²) in [4.78, 5) is 24.6. The van der Waals surface area contributed by atoms with Crippen LogP contribution in [0, 0.1) is 10.8 Å². The molecule has 0 bridgehead atoms. The number of hydrogen-bond donors (Lipinski definition) is 0. The monoisotopic (exact) mass is 836 g/mol. The van der Waals surface area contributed by atoms with E-state index in [1.54, 1.807) is 12.1 Å². The second-order valence-corrected chi connectivity index (χ2v) is 17.6. The lowest BCUT2D eigenvalue weighted by Gasteiger charge is -2.37. The van der Waals surface area contributed by atoms with Crippen LogP contribution in [0.15, 0.2) is 84.9 Å². The lowest BCUT2D eigenvalue weighted by atomic mass is 9.90. The first-order valence-electron chi connectivity index (χ1n) is 22.4. The molecule has 1 atom stereocenters. The normalized spacial score (nSPS) is 16.8. The van der Waals surface area contributed by atoms with E-state index in [1.165, 1.54) is 5.56 Å². The SMILES string of the molecule is CCC1c2cc(OOCc3ccc(OCCCCCCOCC4(C)COC4)cc3)ccc2-c2ccc(OC(=O)c3ccc(OCCCCCCOCC4(C)COC4)cc3)cc21. The third kappa shape index (κ3) is 12.8. The molecule has 328 valence electrons. The highest BCUT2D eigenvalue weighted by Gasteiger charge is 2.34. The summed E-state index contributed by atoms with van der Waals surface area (Å²) in [7, 11) is 0.